The topological polar surface area (TPSA) is 95.5 Å². The molecular formula is C15H17N5O3S2. The number of anilines is 2. The van der Waals surface area contributed by atoms with E-state index >= 15 is 0 Å². The monoisotopic (exact) mass is 379 g/mol. The average Bonchev–Trinajstić information content (AvgIpc) is 3.26. The summed E-state index contributed by atoms with van der Waals surface area (Å²) in [5.74, 6) is -0.281. The summed E-state index contributed by atoms with van der Waals surface area (Å²) in [7, 11) is -3.59. The third kappa shape index (κ3) is 2.74. The second kappa shape index (κ2) is 5.95. The van der Waals surface area contributed by atoms with E-state index in [0.717, 1.165) is 30.1 Å². The van der Waals surface area contributed by atoms with Crippen LogP contribution in [0.25, 0.3) is 0 Å². The molecule has 0 bridgehead atoms. The lowest BCUT2D eigenvalue weighted by molar-refractivity contribution is 0.0958. The highest BCUT2D eigenvalue weighted by molar-refractivity contribution is 7.94. The van der Waals surface area contributed by atoms with Crippen LogP contribution in [-0.4, -0.2) is 43.0 Å². The molecule has 0 radical (unpaired) electrons. The molecule has 2 heterocycles. The van der Waals surface area contributed by atoms with Gasteiger partial charge in [-0.05, 0) is 43.4 Å². The Kier molecular flexibility index (Phi) is 3.88. The Hall–Kier alpha value is -2.20. The lowest BCUT2D eigenvalue weighted by Gasteiger charge is -2.21. The van der Waals surface area contributed by atoms with Gasteiger partial charge in [0.05, 0.1) is 23.6 Å². The van der Waals surface area contributed by atoms with Crippen LogP contribution in [0.1, 0.15) is 28.2 Å². The fraction of sp³-hybridized carbons (Fsp3) is 0.400. The molecule has 2 aromatic rings. The van der Waals surface area contributed by atoms with Crippen LogP contribution in [0.3, 0.4) is 0 Å². The van der Waals surface area contributed by atoms with Gasteiger partial charge in [-0.2, -0.15) is 8.42 Å². The van der Waals surface area contributed by atoms with Gasteiger partial charge in [0.25, 0.3) is 5.91 Å². The predicted octanol–water partition coefficient (Wildman–Crippen LogP) is 1.31. The van der Waals surface area contributed by atoms with Crippen LogP contribution in [0.5, 0.6) is 0 Å². The Morgan fingerprint density at radius 3 is 2.68 bits per heavy atom. The Balaban J connectivity index is 1.50. The normalized spacial score (nSPS) is 18.3. The predicted molar refractivity (Wildman–Crippen MR) is 95.2 cm³/mol. The number of fused-ring (bicyclic) bond motifs is 1. The number of carbonyl (C=O) groups excluding carboxylic acids is 1. The summed E-state index contributed by atoms with van der Waals surface area (Å²) >= 11 is 1.03. The highest BCUT2D eigenvalue weighted by Crippen LogP contribution is 2.46. The molecular weight excluding hydrogens is 362 g/mol. The van der Waals surface area contributed by atoms with Crippen LogP contribution in [0.2, 0.25) is 0 Å². The van der Waals surface area contributed by atoms with Crippen molar-refractivity contribution in [2.75, 3.05) is 21.7 Å². The molecule has 25 heavy (non-hydrogen) atoms. The van der Waals surface area contributed by atoms with Crippen molar-refractivity contribution in [3.05, 3.63) is 34.8 Å². The van der Waals surface area contributed by atoms with Gasteiger partial charge in [0, 0.05) is 12.6 Å². The van der Waals surface area contributed by atoms with E-state index in [9.17, 15) is 13.2 Å². The molecule has 10 heteroatoms. The largest absolute Gasteiger partial charge is 0.349 e. The number of para-hydroxylation sites is 2. The van der Waals surface area contributed by atoms with E-state index in [1.54, 1.807) is 13.0 Å². The summed E-state index contributed by atoms with van der Waals surface area (Å²) in [5.41, 5.74) is 1.96. The molecule has 1 aromatic carbocycles. The van der Waals surface area contributed by atoms with E-state index in [1.165, 1.54) is 8.61 Å². The maximum atomic E-state index is 12.9. The molecule has 1 aromatic heterocycles. The van der Waals surface area contributed by atoms with Gasteiger partial charge in [0.1, 0.15) is 4.88 Å². The molecule has 132 valence electrons. The SMILES string of the molecule is Cc1nnsc1C(=O)NCCN1c2ccccc2N(C2CC2)S1(=O)=O. The summed E-state index contributed by atoms with van der Waals surface area (Å²) in [6, 6.07) is 7.35. The lowest BCUT2D eigenvalue weighted by Crippen LogP contribution is -2.42. The molecule has 1 amide bonds. The zero-order valence-corrected chi connectivity index (χ0v) is 15.2. The minimum Gasteiger partial charge on any atom is -0.349 e. The second-order valence-corrected chi connectivity index (χ2v) is 8.52. The number of aromatic nitrogens is 2. The van der Waals surface area contributed by atoms with Crippen LogP contribution >= 0.6 is 11.5 Å². The molecule has 0 spiro atoms. The molecule has 0 saturated heterocycles. The Morgan fingerprint density at radius 2 is 2.04 bits per heavy atom. The van der Waals surface area contributed by atoms with E-state index in [0.29, 0.717) is 16.3 Å². The Labute approximate surface area is 149 Å². The van der Waals surface area contributed by atoms with Crippen molar-refractivity contribution in [3.8, 4) is 0 Å². The first-order valence-corrected chi connectivity index (χ1v) is 10.2. The highest BCUT2D eigenvalue weighted by atomic mass is 32.2. The first-order valence-electron chi connectivity index (χ1n) is 7.98. The molecule has 1 aliphatic heterocycles. The van der Waals surface area contributed by atoms with E-state index in [-0.39, 0.29) is 25.0 Å². The summed E-state index contributed by atoms with van der Waals surface area (Å²) in [6.45, 7) is 2.11. The number of hydrogen-bond donors (Lipinski definition) is 1. The number of carbonyl (C=O) groups is 1. The molecule has 0 unspecified atom stereocenters. The fourth-order valence-electron chi connectivity index (χ4n) is 2.94. The highest BCUT2D eigenvalue weighted by Gasteiger charge is 2.47. The first-order chi connectivity index (χ1) is 12.0. The molecule has 2 aliphatic rings. The van der Waals surface area contributed by atoms with Gasteiger partial charge < -0.3 is 5.32 Å². The quantitative estimate of drug-likeness (QED) is 0.845. The van der Waals surface area contributed by atoms with Crippen molar-refractivity contribution in [1.29, 1.82) is 0 Å². The minimum atomic E-state index is -3.59. The molecule has 1 fully saturated rings. The molecule has 0 atom stereocenters. The van der Waals surface area contributed by atoms with Gasteiger partial charge >= 0.3 is 10.2 Å². The van der Waals surface area contributed by atoms with Crippen molar-refractivity contribution in [1.82, 2.24) is 14.9 Å². The van der Waals surface area contributed by atoms with Gasteiger partial charge in [-0.25, -0.2) is 8.61 Å². The van der Waals surface area contributed by atoms with Crippen LogP contribution < -0.4 is 13.9 Å². The average molecular weight is 379 g/mol. The number of benzene rings is 1. The standard InChI is InChI=1S/C15H17N5O3S2/c1-10-14(24-18-17-10)15(21)16-8-9-19-12-4-2-3-5-13(12)20(11-6-7-11)25(19,22)23/h2-5,11H,6-9H2,1H3,(H,16,21). The van der Waals surface area contributed by atoms with Gasteiger partial charge in [-0.15, -0.1) is 5.10 Å². The van der Waals surface area contributed by atoms with Crippen molar-refractivity contribution < 1.29 is 13.2 Å². The number of hydrogen-bond acceptors (Lipinski definition) is 6. The number of nitrogens with one attached hydrogen (secondary N) is 1. The van der Waals surface area contributed by atoms with E-state index in [2.05, 4.69) is 14.9 Å². The number of amides is 1. The maximum absolute atomic E-state index is 12.9. The molecule has 1 saturated carbocycles. The van der Waals surface area contributed by atoms with Gasteiger partial charge in [0.15, 0.2) is 0 Å². The smallest absolute Gasteiger partial charge is 0.326 e. The van der Waals surface area contributed by atoms with Crippen LogP contribution in [0.15, 0.2) is 24.3 Å². The maximum Gasteiger partial charge on any atom is 0.326 e. The Morgan fingerprint density at radius 1 is 1.32 bits per heavy atom. The minimum absolute atomic E-state index is 0.0525. The van der Waals surface area contributed by atoms with Crippen LogP contribution in [0.4, 0.5) is 11.4 Å². The van der Waals surface area contributed by atoms with E-state index in [1.807, 2.05) is 18.2 Å². The third-order valence-corrected chi connectivity index (χ3v) is 7.01. The molecule has 1 N–H and O–H groups in total. The molecule has 1 aliphatic carbocycles. The van der Waals surface area contributed by atoms with E-state index < -0.39 is 10.2 Å². The number of rotatable bonds is 5. The summed E-state index contributed by atoms with van der Waals surface area (Å²) < 4.78 is 32.4. The lowest BCUT2D eigenvalue weighted by atomic mass is 10.2. The van der Waals surface area contributed by atoms with Crippen molar-refractivity contribution in [2.24, 2.45) is 0 Å². The summed E-state index contributed by atoms with van der Waals surface area (Å²) in [4.78, 5) is 12.6. The summed E-state index contributed by atoms with van der Waals surface area (Å²) in [5, 5.41) is 6.55. The van der Waals surface area contributed by atoms with Crippen LogP contribution in [-0.2, 0) is 10.2 Å². The summed E-state index contributed by atoms with van der Waals surface area (Å²) in [6.07, 6.45) is 1.77. The number of nitrogens with zero attached hydrogens (tertiary/aromatic N) is 4. The van der Waals surface area contributed by atoms with Gasteiger partial charge in [0.2, 0.25) is 0 Å². The van der Waals surface area contributed by atoms with Crippen molar-refractivity contribution in [2.45, 2.75) is 25.8 Å². The van der Waals surface area contributed by atoms with Crippen molar-refractivity contribution >= 4 is 39.0 Å². The van der Waals surface area contributed by atoms with Gasteiger partial charge in [-0.1, -0.05) is 16.6 Å². The zero-order chi connectivity index (χ0) is 17.6. The second-order valence-electron chi connectivity index (χ2n) is 6.04. The fourth-order valence-corrected chi connectivity index (χ4v) is 5.44. The Bertz CT molecular complexity index is 923. The zero-order valence-electron chi connectivity index (χ0n) is 13.5. The first kappa shape index (κ1) is 16.3. The van der Waals surface area contributed by atoms with Crippen molar-refractivity contribution in [3.63, 3.8) is 0 Å². The van der Waals surface area contributed by atoms with Crippen LogP contribution in [0, 0.1) is 6.92 Å². The number of aryl methyl sites for hydroxylation is 1. The van der Waals surface area contributed by atoms with Gasteiger partial charge in [-0.3, -0.25) is 4.79 Å². The van der Waals surface area contributed by atoms with E-state index in [4.69, 9.17) is 0 Å². The molecule has 8 nitrogen and oxygen atoms in total. The third-order valence-electron chi connectivity index (χ3n) is 4.25. The molecule has 4 rings (SSSR count).